The van der Waals surface area contributed by atoms with Gasteiger partial charge in [0.05, 0.1) is 24.0 Å². The number of benzene rings is 1. The number of nitro benzene ring substituents is 1. The van der Waals surface area contributed by atoms with Crippen LogP contribution >= 0.6 is 0 Å². The maximum Gasteiger partial charge on any atom is 0.391 e. The van der Waals surface area contributed by atoms with E-state index in [0.717, 1.165) is 6.42 Å². The normalized spacial score (nSPS) is 12.8. The summed E-state index contributed by atoms with van der Waals surface area (Å²) in [6.07, 6.45) is -4.61. The molecule has 21 heavy (non-hydrogen) atoms. The Morgan fingerprint density at radius 3 is 2.57 bits per heavy atom. The Bertz CT molecular complexity index is 492. The van der Waals surface area contributed by atoms with Gasteiger partial charge in [0.1, 0.15) is 5.75 Å². The van der Waals surface area contributed by atoms with E-state index in [4.69, 9.17) is 4.74 Å². The third-order valence-electron chi connectivity index (χ3n) is 2.53. The van der Waals surface area contributed by atoms with Crippen molar-refractivity contribution in [2.24, 2.45) is 0 Å². The molecule has 0 amide bonds. The highest BCUT2D eigenvalue weighted by Crippen LogP contribution is 2.28. The maximum atomic E-state index is 12.3. The number of rotatable bonds is 7. The molecule has 0 saturated carbocycles. The van der Waals surface area contributed by atoms with Gasteiger partial charge in [-0.3, -0.25) is 10.1 Å². The van der Waals surface area contributed by atoms with E-state index in [1.165, 1.54) is 25.1 Å². The SMILES string of the molecule is CCCOc1cc(NC(C)CC(F)(F)F)cc([N+](=O)[O-])c1. The Morgan fingerprint density at radius 2 is 2.05 bits per heavy atom. The van der Waals surface area contributed by atoms with E-state index in [2.05, 4.69) is 5.32 Å². The summed E-state index contributed by atoms with van der Waals surface area (Å²) in [5.74, 6) is 0.257. The second kappa shape index (κ2) is 7.14. The molecule has 0 aliphatic carbocycles. The van der Waals surface area contributed by atoms with Crippen LogP contribution in [-0.4, -0.2) is 23.7 Å². The molecule has 0 aliphatic heterocycles. The summed E-state index contributed by atoms with van der Waals surface area (Å²) in [6, 6.07) is 2.99. The summed E-state index contributed by atoms with van der Waals surface area (Å²) in [5.41, 5.74) is -0.00244. The van der Waals surface area contributed by atoms with Crippen LogP contribution in [0.3, 0.4) is 0 Å². The van der Waals surface area contributed by atoms with Crippen LogP contribution in [0.15, 0.2) is 18.2 Å². The summed E-state index contributed by atoms with van der Waals surface area (Å²) in [7, 11) is 0. The molecule has 0 bridgehead atoms. The van der Waals surface area contributed by atoms with Crippen molar-refractivity contribution in [3.05, 3.63) is 28.3 Å². The van der Waals surface area contributed by atoms with Gasteiger partial charge >= 0.3 is 6.18 Å². The zero-order valence-electron chi connectivity index (χ0n) is 11.7. The lowest BCUT2D eigenvalue weighted by Crippen LogP contribution is -2.23. The van der Waals surface area contributed by atoms with Gasteiger partial charge in [0.2, 0.25) is 0 Å². The molecule has 8 heteroatoms. The number of non-ortho nitro benzene ring substituents is 1. The Balaban J connectivity index is 2.89. The summed E-state index contributed by atoms with van der Waals surface area (Å²) in [4.78, 5) is 10.2. The van der Waals surface area contributed by atoms with Gasteiger partial charge in [-0.2, -0.15) is 13.2 Å². The summed E-state index contributed by atoms with van der Waals surface area (Å²) in [6.45, 7) is 3.61. The van der Waals surface area contributed by atoms with Crippen LogP contribution in [0, 0.1) is 10.1 Å². The van der Waals surface area contributed by atoms with Gasteiger partial charge in [-0.05, 0) is 13.3 Å². The third-order valence-corrected chi connectivity index (χ3v) is 2.53. The van der Waals surface area contributed by atoms with Gasteiger partial charge < -0.3 is 10.1 Å². The summed E-state index contributed by atoms with van der Waals surface area (Å²) < 4.78 is 42.2. The molecule has 1 unspecified atom stereocenters. The second-order valence-electron chi connectivity index (χ2n) is 4.69. The minimum atomic E-state index is -4.30. The lowest BCUT2D eigenvalue weighted by atomic mass is 10.2. The molecular formula is C13H17F3N2O3. The van der Waals surface area contributed by atoms with Crippen LogP contribution in [0.1, 0.15) is 26.7 Å². The first-order valence-electron chi connectivity index (χ1n) is 6.47. The van der Waals surface area contributed by atoms with Crippen LogP contribution in [0.5, 0.6) is 5.75 Å². The molecule has 118 valence electrons. The Hall–Kier alpha value is -1.99. The summed E-state index contributed by atoms with van der Waals surface area (Å²) in [5, 5.41) is 13.4. The Labute approximate surface area is 120 Å². The fourth-order valence-corrected chi connectivity index (χ4v) is 1.76. The number of nitrogens with one attached hydrogen (secondary N) is 1. The number of anilines is 1. The van der Waals surface area contributed by atoms with Crippen LogP contribution in [0.4, 0.5) is 24.5 Å². The number of halogens is 3. The van der Waals surface area contributed by atoms with Crippen molar-refractivity contribution in [3.8, 4) is 5.75 Å². The molecule has 1 aromatic carbocycles. The first-order chi connectivity index (χ1) is 9.71. The van der Waals surface area contributed by atoms with E-state index in [1.807, 2.05) is 6.92 Å². The standard InChI is InChI=1S/C13H17F3N2O3/c1-3-4-21-12-6-10(5-11(7-12)18(19)20)17-9(2)8-13(14,15)16/h5-7,9,17H,3-4,8H2,1-2H3. The third kappa shape index (κ3) is 6.33. The Kier molecular flexibility index (Phi) is 5.80. The van der Waals surface area contributed by atoms with Crippen LogP contribution in [-0.2, 0) is 0 Å². The Morgan fingerprint density at radius 1 is 1.38 bits per heavy atom. The van der Waals surface area contributed by atoms with Crippen molar-refractivity contribution < 1.29 is 22.8 Å². The lowest BCUT2D eigenvalue weighted by Gasteiger charge is -2.17. The molecule has 5 nitrogen and oxygen atoms in total. The maximum absolute atomic E-state index is 12.3. The number of alkyl halides is 3. The fourth-order valence-electron chi connectivity index (χ4n) is 1.76. The summed E-state index contributed by atoms with van der Waals surface area (Å²) >= 11 is 0. The number of nitrogens with zero attached hydrogens (tertiary/aromatic N) is 1. The lowest BCUT2D eigenvalue weighted by molar-refractivity contribution is -0.384. The van der Waals surface area contributed by atoms with E-state index in [9.17, 15) is 23.3 Å². The predicted octanol–water partition coefficient (Wildman–Crippen LogP) is 4.14. The van der Waals surface area contributed by atoms with E-state index in [1.54, 1.807) is 0 Å². The quantitative estimate of drug-likeness (QED) is 0.607. The molecule has 0 saturated heterocycles. The average Bonchev–Trinajstić information content (AvgIpc) is 2.33. The number of ether oxygens (including phenoxy) is 1. The highest BCUT2D eigenvalue weighted by atomic mass is 19.4. The molecule has 0 aliphatic rings. The van der Waals surface area contributed by atoms with Crippen LogP contribution in [0.2, 0.25) is 0 Å². The molecule has 0 aromatic heterocycles. The first-order valence-corrected chi connectivity index (χ1v) is 6.47. The van der Waals surface area contributed by atoms with E-state index >= 15 is 0 Å². The highest BCUT2D eigenvalue weighted by Gasteiger charge is 2.30. The van der Waals surface area contributed by atoms with Gasteiger partial charge in [0.25, 0.3) is 5.69 Å². The molecule has 0 fully saturated rings. The average molecular weight is 306 g/mol. The van der Waals surface area contributed by atoms with Crippen LogP contribution < -0.4 is 10.1 Å². The molecule has 0 spiro atoms. The van der Waals surface area contributed by atoms with Crippen molar-refractivity contribution in [1.82, 2.24) is 0 Å². The van der Waals surface area contributed by atoms with E-state index < -0.39 is 23.6 Å². The highest BCUT2D eigenvalue weighted by molar-refractivity contribution is 5.56. The van der Waals surface area contributed by atoms with Crippen molar-refractivity contribution in [2.75, 3.05) is 11.9 Å². The largest absolute Gasteiger partial charge is 0.493 e. The number of nitro groups is 1. The second-order valence-corrected chi connectivity index (χ2v) is 4.69. The molecule has 0 heterocycles. The molecular weight excluding hydrogens is 289 g/mol. The van der Waals surface area contributed by atoms with Gasteiger partial charge in [0.15, 0.2) is 0 Å². The van der Waals surface area contributed by atoms with Crippen molar-refractivity contribution in [2.45, 2.75) is 38.9 Å². The predicted molar refractivity (Wildman–Crippen MR) is 72.6 cm³/mol. The smallest absolute Gasteiger partial charge is 0.391 e. The molecule has 1 rings (SSSR count). The topological polar surface area (TPSA) is 64.4 Å². The number of hydrogen-bond donors (Lipinski definition) is 1. The monoisotopic (exact) mass is 306 g/mol. The van der Waals surface area contributed by atoms with Crippen LogP contribution in [0.25, 0.3) is 0 Å². The van der Waals surface area contributed by atoms with Crippen molar-refractivity contribution in [1.29, 1.82) is 0 Å². The molecule has 0 radical (unpaired) electrons. The van der Waals surface area contributed by atoms with Crippen molar-refractivity contribution >= 4 is 11.4 Å². The first kappa shape index (κ1) is 17.1. The van der Waals surface area contributed by atoms with Gasteiger partial charge in [-0.25, -0.2) is 0 Å². The van der Waals surface area contributed by atoms with E-state index in [0.29, 0.717) is 6.61 Å². The fraction of sp³-hybridized carbons (Fsp3) is 0.538. The van der Waals surface area contributed by atoms with Gasteiger partial charge in [0, 0.05) is 23.9 Å². The molecule has 1 aromatic rings. The molecule has 1 N–H and O–H groups in total. The molecule has 1 atom stereocenters. The van der Waals surface area contributed by atoms with Gasteiger partial charge in [-0.1, -0.05) is 6.92 Å². The minimum Gasteiger partial charge on any atom is -0.493 e. The zero-order chi connectivity index (χ0) is 16.0. The zero-order valence-corrected chi connectivity index (χ0v) is 11.7. The minimum absolute atomic E-state index is 0.229. The number of hydrogen-bond acceptors (Lipinski definition) is 4. The van der Waals surface area contributed by atoms with Gasteiger partial charge in [-0.15, -0.1) is 0 Å². The van der Waals surface area contributed by atoms with Crippen molar-refractivity contribution in [3.63, 3.8) is 0 Å². The van der Waals surface area contributed by atoms with E-state index in [-0.39, 0.29) is 17.1 Å².